The maximum absolute atomic E-state index is 12.8. The van der Waals surface area contributed by atoms with E-state index in [9.17, 15) is 14.4 Å². The molecule has 9 heteroatoms. The summed E-state index contributed by atoms with van der Waals surface area (Å²) in [6.45, 7) is 1.93. The van der Waals surface area contributed by atoms with E-state index in [0.29, 0.717) is 27.0 Å². The van der Waals surface area contributed by atoms with Crippen LogP contribution in [0.25, 0.3) is 6.08 Å². The van der Waals surface area contributed by atoms with Crippen molar-refractivity contribution in [3.8, 4) is 5.75 Å². The minimum Gasteiger partial charge on any atom is -0.489 e. The number of carbonyl (C=O) groups excluding carboxylic acids is 3. The standard InChI is InChI=1S/C27H22Cl2N2O4S/c1-2-17-6-10-21(11-7-17)30-25(32)15-31-26(33)24(36-27(31)34)13-18-4-3-5-22(12-18)35-16-19-8-9-20(28)14-23(19)29/h3-14H,2,15-16H2,1H3,(H,30,32)/b24-13+. The second-order valence-corrected chi connectivity index (χ2v) is 9.80. The highest BCUT2D eigenvalue weighted by molar-refractivity contribution is 8.18. The van der Waals surface area contributed by atoms with E-state index in [4.69, 9.17) is 27.9 Å². The maximum Gasteiger partial charge on any atom is 0.294 e. The third kappa shape index (κ3) is 6.49. The molecule has 0 bridgehead atoms. The molecule has 4 rings (SSSR count). The number of anilines is 1. The van der Waals surface area contributed by atoms with Crippen molar-refractivity contribution in [2.45, 2.75) is 20.0 Å². The van der Waals surface area contributed by atoms with Gasteiger partial charge in [-0.3, -0.25) is 19.3 Å². The van der Waals surface area contributed by atoms with Crippen molar-refractivity contribution in [1.29, 1.82) is 0 Å². The van der Waals surface area contributed by atoms with Gasteiger partial charge in [-0.25, -0.2) is 0 Å². The van der Waals surface area contributed by atoms with Gasteiger partial charge in [0.05, 0.1) is 4.91 Å². The molecule has 1 N–H and O–H groups in total. The van der Waals surface area contributed by atoms with Crippen LogP contribution in [-0.2, 0) is 22.6 Å². The average Bonchev–Trinajstić information content (AvgIpc) is 3.11. The summed E-state index contributed by atoms with van der Waals surface area (Å²) in [5.41, 5.74) is 3.22. The maximum atomic E-state index is 12.8. The van der Waals surface area contributed by atoms with Crippen molar-refractivity contribution >= 4 is 63.8 Å². The van der Waals surface area contributed by atoms with Crippen LogP contribution in [0.5, 0.6) is 5.75 Å². The molecule has 0 aromatic heterocycles. The summed E-state index contributed by atoms with van der Waals surface area (Å²) in [6, 6.07) is 19.7. The van der Waals surface area contributed by atoms with E-state index in [0.717, 1.165) is 34.2 Å². The zero-order valence-corrected chi connectivity index (χ0v) is 21.6. The van der Waals surface area contributed by atoms with E-state index in [1.54, 1.807) is 60.7 Å². The van der Waals surface area contributed by atoms with E-state index in [1.807, 2.05) is 19.1 Å². The van der Waals surface area contributed by atoms with Gasteiger partial charge in [-0.1, -0.05) is 60.5 Å². The summed E-state index contributed by atoms with van der Waals surface area (Å²) < 4.78 is 5.83. The van der Waals surface area contributed by atoms with Crippen LogP contribution < -0.4 is 10.1 Å². The Balaban J connectivity index is 1.39. The summed E-state index contributed by atoms with van der Waals surface area (Å²) in [5.74, 6) is -0.387. The van der Waals surface area contributed by atoms with E-state index in [-0.39, 0.29) is 18.1 Å². The van der Waals surface area contributed by atoms with Crippen molar-refractivity contribution in [1.82, 2.24) is 4.90 Å². The highest BCUT2D eigenvalue weighted by Crippen LogP contribution is 2.33. The van der Waals surface area contributed by atoms with Crippen molar-refractivity contribution in [2.75, 3.05) is 11.9 Å². The van der Waals surface area contributed by atoms with E-state index >= 15 is 0 Å². The number of hydrogen-bond acceptors (Lipinski definition) is 5. The molecule has 1 aliphatic rings. The van der Waals surface area contributed by atoms with Gasteiger partial charge >= 0.3 is 0 Å². The summed E-state index contributed by atoms with van der Waals surface area (Å²) in [6.07, 6.45) is 2.50. The Labute approximate surface area is 223 Å². The van der Waals surface area contributed by atoms with Gasteiger partial charge in [-0.05, 0) is 71.8 Å². The lowest BCUT2D eigenvalue weighted by Gasteiger charge is -2.12. The second-order valence-electron chi connectivity index (χ2n) is 7.96. The van der Waals surface area contributed by atoms with E-state index in [2.05, 4.69) is 5.32 Å². The molecule has 3 aromatic carbocycles. The monoisotopic (exact) mass is 540 g/mol. The van der Waals surface area contributed by atoms with Crippen LogP contribution in [0.1, 0.15) is 23.6 Å². The van der Waals surface area contributed by atoms with Gasteiger partial charge in [0, 0.05) is 21.3 Å². The molecule has 0 spiro atoms. The molecule has 0 unspecified atom stereocenters. The van der Waals surface area contributed by atoms with Gasteiger partial charge in [0.1, 0.15) is 18.9 Å². The molecule has 184 valence electrons. The minimum absolute atomic E-state index is 0.234. The van der Waals surface area contributed by atoms with Gasteiger partial charge in [-0.2, -0.15) is 0 Å². The number of benzene rings is 3. The first kappa shape index (κ1) is 25.8. The fourth-order valence-electron chi connectivity index (χ4n) is 3.45. The van der Waals surface area contributed by atoms with E-state index in [1.165, 1.54) is 0 Å². The van der Waals surface area contributed by atoms with Crippen molar-refractivity contribution in [2.24, 2.45) is 0 Å². The summed E-state index contributed by atoms with van der Waals surface area (Å²) >= 11 is 12.9. The highest BCUT2D eigenvalue weighted by atomic mass is 35.5. The van der Waals surface area contributed by atoms with Crippen LogP contribution in [0, 0.1) is 0 Å². The number of rotatable bonds is 8. The van der Waals surface area contributed by atoms with Gasteiger partial charge in [0.2, 0.25) is 5.91 Å². The largest absolute Gasteiger partial charge is 0.489 e. The summed E-state index contributed by atoms with van der Waals surface area (Å²) in [5, 5.41) is 3.28. The third-order valence-electron chi connectivity index (χ3n) is 5.39. The SMILES string of the molecule is CCc1ccc(NC(=O)CN2C(=O)S/C(=C/c3cccc(OCc4ccc(Cl)cc4Cl)c3)C2=O)cc1. The molecule has 0 atom stereocenters. The quantitative estimate of drug-likeness (QED) is 0.317. The Kier molecular flexibility index (Phi) is 8.36. The first-order valence-electron chi connectivity index (χ1n) is 11.1. The van der Waals surface area contributed by atoms with Crippen LogP contribution in [-0.4, -0.2) is 28.5 Å². The number of amides is 3. The highest BCUT2D eigenvalue weighted by Gasteiger charge is 2.36. The number of hydrogen-bond donors (Lipinski definition) is 1. The number of nitrogens with zero attached hydrogens (tertiary/aromatic N) is 1. The Morgan fingerprint density at radius 3 is 2.56 bits per heavy atom. The molecule has 1 fully saturated rings. The lowest BCUT2D eigenvalue weighted by atomic mass is 10.1. The molecule has 1 heterocycles. The van der Waals surface area contributed by atoms with Crippen LogP contribution >= 0.6 is 35.0 Å². The zero-order chi connectivity index (χ0) is 25.7. The number of nitrogens with one attached hydrogen (secondary N) is 1. The van der Waals surface area contributed by atoms with Crippen molar-refractivity contribution in [3.05, 3.63) is 98.4 Å². The van der Waals surface area contributed by atoms with Crippen molar-refractivity contribution < 1.29 is 19.1 Å². The van der Waals surface area contributed by atoms with Crippen LogP contribution in [0.4, 0.5) is 10.5 Å². The molecule has 0 saturated carbocycles. The predicted molar refractivity (Wildman–Crippen MR) is 144 cm³/mol. The molecule has 0 radical (unpaired) electrons. The summed E-state index contributed by atoms with van der Waals surface area (Å²) in [4.78, 5) is 38.9. The first-order valence-corrected chi connectivity index (χ1v) is 12.7. The number of halogens is 2. The normalized spacial score (nSPS) is 14.4. The van der Waals surface area contributed by atoms with Gasteiger partial charge < -0.3 is 10.1 Å². The molecule has 1 aliphatic heterocycles. The Hall–Kier alpha value is -3.26. The molecule has 0 aliphatic carbocycles. The molecule has 6 nitrogen and oxygen atoms in total. The number of carbonyl (C=O) groups is 3. The van der Waals surface area contributed by atoms with Gasteiger partial charge in [-0.15, -0.1) is 0 Å². The molecule has 3 amide bonds. The number of thioether (sulfide) groups is 1. The Morgan fingerprint density at radius 1 is 1.06 bits per heavy atom. The Morgan fingerprint density at radius 2 is 1.83 bits per heavy atom. The number of aryl methyl sites for hydroxylation is 1. The zero-order valence-electron chi connectivity index (χ0n) is 19.3. The summed E-state index contributed by atoms with van der Waals surface area (Å²) in [7, 11) is 0. The lowest BCUT2D eigenvalue weighted by Crippen LogP contribution is -2.36. The molecular weight excluding hydrogens is 519 g/mol. The Bertz CT molecular complexity index is 1340. The number of ether oxygens (including phenoxy) is 1. The smallest absolute Gasteiger partial charge is 0.294 e. The average molecular weight is 541 g/mol. The first-order chi connectivity index (χ1) is 17.3. The predicted octanol–water partition coefficient (Wildman–Crippen LogP) is 6.81. The lowest BCUT2D eigenvalue weighted by molar-refractivity contribution is -0.127. The second kappa shape index (κ2) is 11.6. The fraction of sp³-hybridized carbons (Fsp3) is 0.148. The van der Waals surface area contributed by atoms with Crippen LogP contribution in [0.2, 0.25) is 10.0 Å². The van der Waals surface area contributed by atoms with Gasteiger partial charge in [0.15, 0.2) is 0 Å². The van der Waals surface area contributed by atoms with E-state index < -0.39 is 17.1 Å². The fourth-order valence-corrected chi connectivity index (χ4v) is 4.75. The topological polar surface area (TPSA) is 75.7 Å². The molecule has 3 aromatic rings. The third-order valence-corrected chi connectivity index (χ3v) is 6.88. The van der Waals surface area contributed by atoms with Crippen LogP contribution in [0.15, 0.2) is 71.6 Å². The minimum atomic E-state index is -0.513. The molecule has 36 heavy (non-hydrogen) atoms. The molecule has 1 saturated heterocycles. The number of imide groups is 1. The van der Waals surface area contributed by atoms with Gasteiger partial charge in [0.25, 0.3) is 11.1 Å². The van der Waals surface area contributed by atoms with Crippen molar-refractivity contribution in [3.63, 3.8) is 0 Å². The molecular formula is C27H22Cl2N2O4S. The van der Waals surface area contributed by atoms with Crippen LogP contribution in [0.3, 0.4) is 0 Å².